The molecule has 0 aromatic rings. The van der Waals surface area contributed by atoms with E-state index in [1.807, 2.05) is 13.8 Å². The van der Waals surface area contributed by atoms with Crippen LogP contribution in [0.5, 0.6) is 0 Å². The highest BCUT2D eigenvalue weighted by molar-refractivity contribution is 7.90. The van der Waals surface area contributed by atoms with E-state index in [1.165, 1.54) is 0 Å². The molecule has 0 aliphatic heterocycles. The third kappa shape index (κ3) is 10.3. The van der Waals surface area contributed by atoms with E-state index in [9.17, 15) is 13.2 Å². The van der Waals surface area contributed by atoms with Gasteiger partial charge in [-0.15, -0.1) is 0 Å². The zero-order chi connectivity index (χ0) is 13.5. The molecule has 5 nitrogen and oxygen atoms in total. The number of hydrogen-bond donors (Lipinski definition) is 2. The van der Waals surface area contributed by atoms with Crippen LogP contribution >= 0.6 is 0 Å². The van der Waals surface area contributed by atoms with Gasteiger partial charge in [0.2, 0.25) is 5.91 Å². The molecule has 1 amide bonds. The van der Waals surface area contributed by atoms with Crippen molar-refractivity contribution in [3.8, 4) is 0 Å². The average molecular weight is 265 g/mol. The summed E-state index contributed by atoms with van der Waals surface area (Å²) >= 11 is 0. The summed E-state index contributed by atoms with van der Waals surface area (Å²) in [6.07, 6.45) is 2.64. The van der Waals surface area contributed by atoms with Crippen molar-refractivity contribution in [1.82, 2.24) is 5.32 Å². The maximum Gasteiger partial charge on any atom is 0.221 e. The summed E-state index contributed by atoms with van der Waals surface area (Å²) in [5.74, 6) is -0.358. The number of rotatable bonds is 8. The number of aliphatic hydroxyl groups excluding tert-OH is 1. The van der Waals surface area contributed by atoms with Crippen LogP contribution in [0, 0.1) is 5.41 Å². The molecule has 0 heterocycles. The molecule has 2 N–H and O–H groups in total. The van der Waals surface area contributed by atoms with E-state index in [0.29, 0.717) is 13.0 Å². The molecule has 0 spiro atoms. The third-order valence-electron chi connectivity index (χ3n) is 2.48. The Bertz CT molecular complexity index is 335. The summed E-state index contributed by atoms with van der Waals surface area (Å²) in [5, 5.41) is 11.4. The SMILES string of the molecule is CC(C)(CCCO)CNC(=O)CCS(C)(=O)=O. The Labute approximate surface area is 104 Å². The quantitative estimate of drug-likeness (QED) is 0.663. The van der Waals surface area contributed by atoms with Crippen molar-refractivity contribution < 1.29 is 18.3 Å². The molecule has 6 heteroatoms. The van der Waals surface area contributed by atoms with E-state index in [4.69, 9.17) is 5.11 Å². The van der Waals surface area contributed by atoms with Crippen molar-refractivity contribution in [1.29, 1.82) is 0 Å². The topological polar surface area (TPSA) is 83.5 Å². The largest absolute Gasteiger partial charge is 0.396 e. The van der Waals surface area contributed by atoms with Crippen LogP contribution in [0.2, 0.25) is 0 Å². The smallest absolute Gasteiger partial charge is 0.221 e. The van der Waals surface area contributed by atoms with Crippen LogP contribution in [0.3, 0.4) is 0 Å². The van der Waals surface area contributed by atoms with Gasteiger partial charge < -0.3 is 10.4 Å². The van der Waals surface area contributed by atoms with Gasteiger partial charge in [-0.3, -0.25) is 4.79 Å². The van der Waals surface area contributed by atoms with Gasteiger partial charge in [0, 0.05) is 25.8 Å². The van der Waals surface area contributed by atoms with E-state index in [1.54, 1.807) is 0 Å². The third-order valence-corrected chi connectivity index (χ3v) is 3.42. The maximum atomic E-state index is 11.4. The fraction of sp³-hybridized carbons (Fsp3) is 0.909. The summed E-state index contributed by atoms with van der Waals surface area (Å²) in [6, 6.07) is 0. The van der Waals surface area contributed by atoms with Crippen molar-refractivity contribution in [2.75, 3.05) is 25.2 Å². The molecular formula is C11H23NO4S. The van der Waals surface area contributed by atoms with E-state index < -0.39 is 9.84 Å². The number of sulfone groups is 1. The molecule has 0 fully saturated rings. The maximum absolute atomic E-state index is 11.4. The standard InChI is InChI=1S/C11H23NO4S/c1-11(2,6-4-7-13)9-12-10(14)5-8-17(3,15)16/h13H,4-9H2,1-3H3,(H,12,14). The summed E-state index contributed by atoms with van der Waals surface area (Å²) in [6.45, 7) is 4.64. The van der Waals surface area contributed by atoms with E-state index in [0.717, 1.165) is 12.7 Å². The second-order valence-electron chi connectivity index (χ2n) is 5.15. The molecule has 0 aliphatic rings. The van der Waals surface area contributed by atoms with Gasteiger partial charge in [0.25, 0.3) is 0 Å². The normalized spacial score (nSPS) is 12.5. The molecule has 0 radical (unpaired) electrons. The Morgan fingerprint density at radius 2 is 1.94 bits per heavy atom. The Morgan fingerprint density at radius 1 is 1.35 bits per heavy atom. The molecular weight excluding hydrogens is 242 g/mol. The predicted octanol–water partition coefficient (Wildman–Crippen LogP) is 0.336. The first-order valence-corrected chi connectivity index (χ1v) is 7.78. The highest BCUT2D eigenvalue weighted by Gasteiger charge is 2.18. The monoisotopic (exact) mass is 265 g/mol. The van der Waals surface area contributed by atoms with E-state index >= 15 is 0 Å². The molecule has 0 aliphatic carbocycles. The Kier molecular flexibility index (Phi) is 6.70. The van der Waals surface area contributed by atoms with Crippen molar-refractivity contribution >= 4 is 15.7 Å². The fourth-order valence-corrected chi connectivity index (χ4v) is 1.91. The van der Waals surface area contributed by atoms with Crippen LogP contribution in [0.4, 0.5) is 0 Å². The summed E-state index contributed by atoms with van der Waals surface area (Å²) in [5.41, 5.74) is -0.0799. The van der Waals surface area contributed by atoms with Crippen LogP contribution in [-0.4, -0.2) is 44.6 Å². The zero-order valence-corrected chi connectivity index (χ0v) is 11.6. The van der Waals surface area contributed by atoms with Crippen molar-refractivity contribution in [3.63, 3.8) is 0 Å². The lowest BCUT2D eigenvalue weighted by Crippen LogP contribution is -2.34. The summed E-state index contributed by atoms with van der Waals surface area (Å²) in [7, 11) is -3.08. The molecule has 0 rings (SSSR count). The van der Waals surface area contributed by atoms with Crippen molar-refractivity contribution in [2.45, 2.75) is 33.1 Å². The van der Waals surface area contributed by atoms with Crippen LogP contribution in [0.15, 0.2) is 0 Å². The first-order valence-electron chi connectivity index (χ1n) is 5.71. The van der Waals surface area contributed by atoms with Gasteiger partial charge in [-0.25, -0.2) is 8.42 Å². The Balaban J connectivity index is 3.91. The molecule has 0 bridgehead atoms. The molecule has 0 saturated heterocycles. The van der Waals surface area contributed by atoms with Crippen LogP contribution in [-0.2, 0) is 14.6 Å². The Hall–Kier alpha value is -0.620. The number of amides is 1. The predicted molar refractivity (Wildman–Crippen MR) is 67.4 cm³/mol. The van der Waals surface area contributed by atoms with Gasteiger partial charge in [-0.05, 0) is 18.3 Å². The minimum absolute atomic E-state index is 0.00884. The van der Waals surface area contributed by atoms with Crippen LogP contribution < -0.4 is 5.32 Å². The minimum Gasteiger partial charge on any atom is -0.396 e. The lowest BCUT2D eigenvalue weighted by Gasteiger charge is -2.24. The summed E-state index contributed by atoms with van der Waals surface area (Å²) in [4.78, 5) is 11.4. The van der Waals surface area contributed by atoms with Gasteiger partial charge in [-0.1, -0.05) is 13.8 Å². The number of nitrogens with one attached hydrogen (secondary N) is 1. The molecule has 0 atom stereocenters. The number of carbonyl (C=O) groups excluding carboxylic acids is 1. The van der Waals surface area contributed by atoms with Gasteiger partial charge in [0.15, 0.2) is 0 Å². The van der Waals surface area contributed by atoms with Crippen LogP contribution in [0.25, 0.3) is 0 Å². The molecule has 0 unspecified atom stereocenters. The molecule has 102 valence electrons. The number of carbonyl (C=O) groups is 1. The first kappa shape index (κ1) is 16.4. The van der Waals surface area contributed by atoms with Gasteiger partial charge in [0.05, 0.1) is 5.75 Å². The molecule has 17 heavy (non-hydrogen) atoms. The van der Waals surface area contributed by atoms with Crippen LogP contribution in [0.1, 0.15) is 33.1 Å². The second kappa shape index (κ2) is 6.96. The lowest BCUT2D eigenvalue weighted by molar-refractivity contribution is -0.121. The van der Waals surface area contributed by atoms with E-state index in [2.05, 4.69) is 5.32 Å². The average Bonchev–Trinajstić information content (AvgIpc) is 2.20. The van der Waals surface area contributed by atoms with Gasteiger partial charge >= 0.3 is 0 Å². The highest BCUT2D eigenvalue weighted by Crippen LogP contribution is 2.20. The molecule has 0 aromatic heterocycles. The second-order valence-corrected chi connectivity index (χ2v) is 7.41. The number of hydrogen-bond acceptors (Lipinski definition) is 4. The molecule has 0 aromatic carbocycles. The van der Waals surface area contributed by atoms with Crippen molar-refractivity contribution in [2.24, 2.45) is 5.41 Å². The lowest BCUT2D eigenvalue weighted by atomic mass is 9.88. The fourth-order valence-electron chi connectivity index (χ4n) is 1.35. The Morgan fingerprint density at radius 3 is 2.41 bits per heavy atom. The molecule has 0 saturated carbocycles. The number of aliphatic hydroxyl groups is 1. The highest BCUT2D eigenvalue weighted by atomic mass is 32.2. The van der Waals surface area contributed by atoms with Gasteiger partial charge in [0.1, 0.15) is 9.84 Å². The minimum atomic E-state index is -3.08. The zero-order valence-electron chi connectivity index (χ0n) is 10.8. The summed E-state index contributed by atoms with van der Waals surface area (Å²) < 4.78 is 21.7. The first-order chi connectivity index (χ1) is 7.66. The van der Waals surface area contributed by atoms with Crippen molar-refractivity contribution in [3.05, 3.63) is 0 Å². The van der Waals surface area contributed by atoms with Gasteiger partial charge in [-0.2, -0.15) is 0 Å². The van der Waals surface area contributed by atoms with E-state index in [-0.39, 0.29) is 30.1 Å².